The van der Waals surface area contributed by atoms with Gasteiger partial charge in [-0.05, 0) is 38.5 Å². The molecule has 0 aromatic carbocycles. The number of carbonyl (C=O) groups is 2. The van der Waals surface area contributed by atoms with E-state index in [1.54, 1.807) is 0 Å². The van der Waals surface area contributed by atoms with E-state index in [4.69, 9.17) is 19.3 Å². The molecule has 0 radical (unpaired) electrons. The van der Waals surface area contributed by atoms with Crippen molar-refractivity contribution in [3.63, 3.8) is 0 Å². The Hall–Kier alpha value is -1.21. The maximum atomic E-state index is 12.4. The Labute approximate surface area is 301 Å². The first kappa shape index (κ1) is 47.8. The monoisotopic (exact) mass is 717 g/mol. The van der Waals surface area contributed by atoms with Crippen molar-refractivity contribution in [1.29, 1.82) is 0 Å². The first-order valence-corrected chi connectivity index (χ1v) is 22.0. The van der Waals surface area contributed by atoms with E-state index in [9.17, 15) is 14.2 Å². The molecule has 8 nitrogen and oxygen atoms in total. The van der Waals surface area contributed by atoms with E-state index in [1.807, 2.05) is 0 Å². The van der Waals surface area contributed by atoms with Gasteiger partial charge in [-0.1, -0.05) is 174 Å². The number of hydrogen-bond donors (Lipinski definition) is 2. The lowest BCUT2D eigenvalue weighted by molar-refractivity contribution is -0.161. The van der Waals surface area contributed by atoms with Crippen LogP contribution in [-0.2, 0) is 28.2 Å². The SMILES string of the molecule is CCCCCCCCCC/C=C/CCCCCC(=O)OC[C@H](COP(=O)(O)O)OC(=O)CCCCCCCCCCCCCCCCCC. The minimum absolute atomic E-state index is 0.215. The van der Waals surface area contributed by atoms with Crippen LogP contribution in [0.3, 0.4) is 0 Å². The van der Waals surface area contributed by atoms with Crippen LogP contribution in [-0.4, -0.2) is 41.0 Å². The van der Waals surface area contributed by atoms with Gasteiger partial charge in [0.1, 0.15) is 6.61 Å². The van der Waals surface area contributed by atoms with Gasteiger partial charge in [0.2, 0.25) is 0 Å². The molecule has 1 atom stereocenters. The van der Waals surface area contributed by atoms with Crippen LogP contribution >= 0.6 is 7.82 Å². The third kappa shape index (κ3) is 39.4. The Morgan fingerprint density at radius 3 is 1.27 bits per heavy atom. The lowest BCUT2D eigenvalue weighted by atomic mass is 10.0. The van der Waals surface area contributed by atoms with Crippen LogP contribution in [0.4, 0.5) is 0 Å². The first-order chi connectivity index (χ1) is 23.8. The molecule has 0 aliphatic heterocycles. The quantitative estimate of drug-likeness (QED) is 0.0280. The molecule has 0 unspecified atom stereocenters. The highest BCUT2D eigenvalue weighted by Crippen LogP contribution is 2.36. The molecule has 0 spiro atoms. The van der Waals surface area contributed by atoms with Gasteiger partial charge >= 0.3 is 19.8 Å². The summed E-state index contributed by atoms with van der Waals surface area (Å²) in [7, 11) is -4.75. The topological polar surface area (TPSA) is 119 Å². The molecule has 2 N–H and O–H groups in total. The summed E-state index contributed by atoms with van der Waals surface area (Å²) in [6, 6.07) is 0. The fourth-order valence-electron chi connectivity index (χ4n) is 5.96. The second-order valence-electron chi connectivity index (χ2n) is 14.0. The molecule has 0 aromatic heterocycles. The minimum Gasteiger partial charge on any atom is -0.462 e. The van der Waals surface area contributed by atoms with Crippen LogP contribution in [0.25, 0.3) is 0 Å². The van der Waals surface area contributed by atoms with Crippen LogP contribution in [0.2, 0.25) is 0 Å². The molecule has 0 bridgehead atoms. The second-order valence-corrected chi connectivity index (χ2v) is 15.2. The predicted octanol–water partition coefficient (Wildman–Crippen LogP) is 12.2. The Morgan fingerprint density at radius 1 is 0.510 bits per heavy atom. The molecule has 49 heavy (non-hydrogen) atoms. The minimum atomic E-state index is -4.75. The number of phosphoric acid groups is 1. The summed E-state index contributed by atoms with van der Waals surface area (Å²) in [5.41, 5.74) is 0. The Bertz CT molecular complexity index is 812. The molecule has 0 rings (SSSR count). The molecule has 0 heterocycles. The summed E-state index contributed by atoms with van der Waals surface area (Å²) in [5, 5.41) is 0. The van der Waals surface area contributed by atoms with E-state index in [-0.39, 0.29) is 19.4 Å². The highest BCUT2D eigenvalue weighted by Gasteiger charge is 2.22. The summed E-state index contributed by atoms with van der Waals surface area (Å²) in [6.45, 7) is 3.69. The first-order valence-electron chi connectivity index (χ1n) is 20.5. The van der Waals surface area contributed by atoms with Crippen molar-refractivity contribution in [2.75, 3.05) is 13.2 Å². The number of phosphoric ester groups is 1. The largest absolute Gasteiger partial charge is 0.469 e. The lowest BCUT2D eigenvalue weighted by Crippen LogP contribution is -2.29. The van der Waals surface area contributed by atoms with Crippen LogP contribution in [0.15, 0.2) is 12.2 Å². The number of hydrogen-bond acceptors (Lipinski definition) is 6. The van der Waals surface area contributed by atoms with E-state index in [2.05, 4.69) is 30.5 Å². The second kappa shape index (κ2) is 36.6. The Morgan fingerprint density at radius 2 is 0.857 bits per heavy atom. The zero-order chi connectivity index (χ0) is 36.1. The average Bonchev–Trinajstić information content (AvgIpc) is 3.07. The van der Waals surface area contributed by atoms with Gasteiger partial charge in [-0.2, -0.15) is 0 Å². The smallest absolute Gasteiger partial charge is 0.462 e. The van der Waals surface area contributed by atoms with Gasteiger partial charge in [0.25, 0.3) is 0 Å². The zero-order valence-electron chi connectivity index (χ0n) is 31.9. The van der Waals surface area contributed by atoms with E-state index in [0.717, 1.165) is 44.9 Å². The predicted molar refractivity (Wildman–Crippen MR) is 202 cm³/mol. The number of unbranched alkanes of at least 4 members (excludes halogenated alkanes) is 26. The summed E-state index contributed by atoms with van der Waals surface area (Å²) in [5.74, 6) is -0.892. The van der Waals surface area contributed by atoms with Gasteiger partial charge in [-0.25, -0.2) is 4.57 Å². The van der Waals surface area contributed by atoms with Crippen molar-refractivity contribution in [2.45, 2.75) is 219 Å². The number of carbonyl (C=O) groups excluding carboxylic acids is 2. The van der Waals surface area contributed by atoms with Crippen molar-refractivity contribution in [3.05, 3.63) is 12.2 Å². The highest BCUT2D eigenvalue weighted by molar-refractivity contribution is 7.46. The molecule has 0 saturated heterocycles. The lowest BCUT2D eigenvalue weighted by Gasteiger charge is -2.18. The van der Waals surface area contributed by atoms with E-state index >= 15 is 0 Å². The standard InChI is InChI=1S/C40H77O8P/c1-3-5-7-9-11-13-15-17-19-21-23-25-27-29-31-33-35-40(42)48-38(37-47-49(43,44)45)36-46-39(41)34-32-30-28-26-24-22-20-18-16-14-12-10-8-6-4-2/h22,24,38H,3-21,23,25-37H2,1-2H3,(H2,43,44,45)/b24-22+/t38-/m1/s1. The molecule has 9 heteroatoms. The molecule has 290 valence electrons. The normalized spacial score (nSPS) is 12.5. The summed E-state index contributed by atoms with van der Waals surface area (Å²) in [4.78, 5) is 42.8. The number of esters is 2. The van der Waals surface area contributed by atoms with Gasteiger partial charge in [0, 0.05) is 12.8 Å². The molecule has 0 amide bonds. The molecule has 0 aromatic rings. The van der Waals surface area contributed by atoms with Gasteiger partial charge in [-0.15, -0.1) is 0 Å². The van der Waals surface area contributed by atoms with E-state index in [0.29, 0.717) is 12.8 Å². The molecule has 0 aliphatic carbocycles. The summed E-state index contributed by atoms with van der Waals surface area (Å²) >= 11 is 0. The highest BCUT2D eigenvalue weighted by atomic mass is 31.2. The zero-order valence-corrected chi connectivity index (χ0v) is 32.8. The molecule has 0 fully saturated rings. The van der Waals surface area contributed by atoms with Gasteiger partial charge in [0.05, 0.1) is 6.61 Å². The Kier molecular flexibility index (Phi) is 35.7. The van der Waals surface area contributed by atoms with Crippen molar-refractivity contribution in [1.82, 2.24) is 0 Å². The maximum Gasteiger partial charge on any atom is 0.469 e. The molecule has 0 aliphatic rings. The average molecular weight is 717 g/mol. The van der Waals surface area contributed by atoms with Crippen molar-refractivity contribution >= 4 is 19.8 Å². The van der Waals surface area contributed by atoms with Crippen molar-refractivity contribution < 1.29 is 37.9 Å². The third-order valence-corrected chi connectivity index (χ3v) is 9.52. The molecular formula is C40H77O8P. The fraction of sp³-hybridized carbons (Fsp3) is 0.900. The third-order valence-electron chi connectivity index (χ3n) is 9.03. The van der Waals surface area contributed by atoms with Crippen LogP contribution in [0.5, 0.6) is 0 Å². The van der Waals surface area contributed by atoms with Crippen LogP contribution in [0.1, 0.15) is 213 Å². The van der Waals surface area contributed by atoms with E-state index in [1.165, 1.54) is 128 Å². The van der Waals surface area contributed by atoms with Gasteiger partial charge in [-0.3, -0.25) is 14.1 Å². The van der Waals surface area contributed by atoms with Crippen molar-refractivity contribution in [3.8, 4) is 0 Å². The van der Waals surface area contributed by atoms with Crippen LogP contribution in [0, 0.1) is 0 Å². The van der Waals surface area contributed by atoms with E-state index < -0.39 is 32.5 Å². The fourth-order valence-corrected chi connectivity index (χ4v) is 6.32. The molecule has 0 saturated carbocycles. The molecular weight excluding hydrogens is 639 g/mol. The summed E-state index contributed by atoms with van der Waals surface area (Å²) in [6.07, 6.45) is 39.3. The number of rotatable bonds is 38. The summed E-state index contributed by atoms with van der Waals surface area (Å²) < 4.78 is 26.3. The van der Waals surface area contributed by atoms with Gasteiger partial charge in [0.15, 0.2) is 6.10 Å². The Balaban J connectivity index is 3.92. The number of allylic oxidation sites excluding steroid dienone is 2. The maximum absolute atomic E-state index is 12.4. The van der Waals surface area contributed by atoms with Gasteiger partial charge < -0.3 is 19.3 Å². The van der Waals surface area contributed by atoms with Crippen LogP contribution < -0.4 is 0 Å². The van der Waals surface area contributed by atoms with Crippen molar-refractivity contribution in [2.24, 2.45) is 0 Å². The number of ether oxygens (including phenoxy) is 2.